The number of carboxylic acid groups (broad SMARTS) is 1. The Morgan fingerprint density at radius 3 is 2.24 bits per heavy atom. The van der Waals surface area contributed by atoms with Crippen molar-refractivity contribution in [2.75, 3.05) is 6.61 Å². The Morgan fingerprint density at radius 2 is 1.54 bits per heavy atom. The molecule has 2 N–H and O–H groups in total. The lowest BCUT2D eigenvalue weighted by atomic mass is 9.82. The van der Waals surface area contributed by atoms with Crippen molar-refractivity contribution in [1.29, 1.82) is 0 Å². The standard InChI is InChI=1S/C30H30O7/c31-25(20-36-26-12-5-2-6-13-26)16-14-24-15-17-27(32)30(24,19-28(33)34)37-29(35)23-11-7-10-22(18-23)21-8-3-1-4-9-21/h1-13,18,24,27,32H,14-17,19-20H2,(H,33,34). The second-order valence-corrected chi connectivity index (χ2v) is 9.33. The zero-order chi connectivity index (χ0) is 26.3. The number of ketones is 1. The molecule has 0 spiro atoms. The van der Waals surface area contributed by atoms with Gasteiger partial charge in [0, 0.05) is 12.3 Å². The van der Waals surface area contributed by atoms with Crippen molar-refractivity contribution < 1.29 is 34.1 Å². The summed E-state index contributed by atoms with van der Waals surface area (Å²) in [6.07, 6.45) is -0.573. The molecular formula is C30H30O7. The molecule has 1 aliphatic carbocycles. The average molecular weight is 503 g/mol. The van der Waals surface area contributed by atoms with Gasteiger partial charge in [0.2, 0.25) is 0 Å². The summed E-state index contributed by atoms with van der Waals surface area (Å²) in [7, 11) is 0. The normalized spacial score (nSPS) is 20.8. The molecule has 7 heteroatoms. The van der Waals surface area contributed by atoms with Crippen LogP contribution < -0.4 is 4.74 Å². The van der Waals surface area contributed by atoms with Gasteiger partial charge in [-0.2, -0.15) is 0 Å². The quantitative estimate of drug-likeness (QED) is 0.358. The fourth-order valence-electron chi connectivity index (χ4n) is 4.97. The predicted molar refractivity (Wildman–Crippen MR) is 137 cm³/mol. The van der Waals surface area contributed by atoms with E-state index in [1.165, 1.54) is 0 Å². The van der Waals surface area contributed by atoms with Crippen LogP contribution >= 0.6 is 0 Å². The van der Waals surface area contributed by atoms with Crippen LogP contribution in [-0.4, -0.2) is 46.2 Å². The van der Waals surface area contributed by atoms with E-state index in [1.807, 2.05) is 54.6 Å². The Morgan fingerprint density at radius 1 is 0.865 bits per heavy atom. The molecule has 3 unspecified atom stereocenters. The lowest BCUT2D eigenvalue weighted by molar-refractivity contribution is -0.152. The van der Waals surface area contributed by atoms with Crippen molar-refractivity contribution in [2.24, 2.45) is 5.92 Å². The van der Waals surface area contributed by atoms with Crippen LogP contribution in [0.25, 0.3) is 11.1 Å². The monoisotopic (exact) mass is 502 g/mol. The van der Waals surface area contributed by atoms with E-state index < -0.39 is 36.0 Å². The molecule has 4 rings (SSSR count). The lowest BCUT2D eigenvalue weighted by Gasteiger charge is -2.36. The summed E-state index contributed by atoms with van der Waals surface area (Å²) in [6, 6.07) is 25.4. The molecule has 0 heterocycles. The first-order chi connectivity index (χ1) is 17.9. The predicted octanol–water partition coefficient (Wildman–Crippen LogP) is 4.92. The maximum atomic E-state index is 13.2. The van der Waals surface area contributed by atoms with Crippen LogP contribution in [-0.2, 0) is 14.3 Å². The highest BCUT2D eigenvalue weighted by molar-refractivity contribution is 5.91. The van der Waals surface area contributed by atoms with Crippen LogP contribution in [0.15, 0.2) is 84.9 Å². The summed E-state index contributed by atoms with van der Waals surface area (Å²) in [4.78, 5) is 37.6. The SMILES string of the molecule is O=C(O)CC1(OC(=O)c2cccc(-c3ccccc3)c2)C(O)CCC1CCC(=O)COc1ccccc1. The Bertz CT molecular complexity index is 1220. The van der Waals surface area contributed by atoms with E-state index in [4.69, 9.17) is 9.47 Å². The highest BCUT2D eigenvalue weighted by Gasteiger charge is 2.54. The summed E-state index contributed by atoms with van der Waals surface area (Å²) in [5.74, 6) is -1.95. The number of ether oxygens (including phenoxy) is 2. The first-order valence-corrected chi connectivity index (χ1v) is 12.4. The van der Waals surface area contributed by atoms with E-state index in [0.29, 0.717) is 12.2 Å². The van der Waals surface area contributed by atoms with Crippen LogP contribution in [0.5, 0.6) is 5.75 Å². The maximum absolute atomic E-state index is 13.2. The number of carbonyl (C=O) groups excluding carboxylic acids is 2. The molecule has 0 saturated heterocycles. The third kappa shape index (κ3) is 6.43. The minimum atomic E-state index is -1.62. The first kappa shape index (κ1) is 26.1. The Balaban J connectivity index is 1.47. The van der Waals surface area contributed by atoms with E-state index in [-0.39, 0.29) is 37.2 Å². The second-order valence-electron chi connectivity index (χ2n) is 9.33. The topological polar surface area (TPSA) is 110 Å². The van der Waals surface area contributed by atoms with Crippen LogP contribution in [0.4, 0.5) is 0 Å². The third-order valence-corrected chi connectivity index (χ3v) is 6.87. The molecule has 0 amide bonds. The number of aliphatic hydroxyl groups excluding tert-OH is 1. The molecule has 0 aromatic heterocycles. The minimum absolute atomic E-state index is 0.114. The number of esters is 1. The molecule has 3 atom stereocenters. The summed E-state index contributed by atoms with van der Waals surface area (Å²) < 4.78 is 11.4. The largest absolute Gasteiger partial charge is 0.486 e. The van der Waals surface area contributed by atoms with Gasteiger partial charge in [-0.1, -0.05) is 60.7 Å². The number of Topliss-reactive ketones (excluding diaryl/α,β-unsaturated/α-hetero) is 1. The van der Waals surface area contributed by atoms with Crippen molar-refractivity contribution in [3.63, 3.8) is 0 Å². The van der Waals surface area contributed by atoms with E-state index in [1.54, 1.807) is 30.3 Å². The third-order valence-electron chi connectivity index (χ3n) is 6.87. The molecule has 192 valence electrons. The smallest absolute Gasteiger partial charge is 0.338 e. The molecule has 3 aromatic carbocycles. The minimum Gasteiger partial charge on any atom is -0.486 e. The van der Waals surface area contributed by atoms with Gasteiger partial charge in [0.05, 0.1) is 18.1 Å². The molecule has 0 aliphatic heterocycles. The van der Waals surface area contributed by atoms with E-state index in [2.05, 4.69) is 0 Å². The number of carbonyl (C=O) groups is 3. The molecule has 37 heavy (non-hydrogen) atoms. The highest BCUT2D eigenvalue weighted by Crippen LogP contribution is 2.45. The number of benzene rings is 3. The number of hydrogen-bond acceptors (Lipinski definition) is 6. The number of aliphatic hydroxyl groups is 1. The Hall–Kier alpha value is -3.97. The molecule has 0 bridgehead atoms. The number of carboxylic acids is 1. The summed E-state index contributed by atoms with van der Waals surface area (Å²) in [6.45, 7) is -0.114. The summed E-state index contributed by atoms with van der Waals surface area (Å²) in [5, 5.41) is 20.5. The molecular weight excluding hydrogens is 472 g/mol. The van der Waals surface area contributed by atoms with Gasteiger partial charge in [0.1, 0.15) is 12.4 Å². The second kappa shape index (κ2) is 11.8. The van der Waals surface area contributed by atoms with Crippen molar-refractivity contribution in [2.45, 2.75) is 43.8 Å². The van der Waals surface area contributed by atoms with E-state index in [0.717, 1.165) is 11.1 Å². The van der Waals surface area contributed by atoms with Crippen LogP contribution in [0.3, 0.4) is 0 Å². The van der Waals surface area contributed by atoms with Crippen molar-refractivity contribution in [1.82, 2.24) is 0 Å². The summed E-state index contributed by atoms with van der Waals surface area (Å²) in [5.41, 5.74) is 0.380. The van der Waals surface area contributed by atoms with Gasteiger partial charge in [-0.3, -0.25) is 9.59 Å². The zero-order valence-corrected chi connectivity index (χ0v) is 20.4. The van der Waals surface area contributed by atoms with Gasteiger partial charge in [0.25, 0.3) is 0 Å². The molecule has 0 radical (unpaired) electrons. The van der Waals surface area contributed by atoms with Gasteiger partial charge in [0.15, 0.2) is 11.4 Å². The Labute approximate surface area is 215 Å². The fourth-order valence-corrected chi connectivity index (χ4v) is 4.97. The maximum Gasteiger partial charge on any atom is 0.338 e. The molecule has 7 nitrogen and oxygen atoms in total. The molecule has 1 aliphatic rings. The number of aliphatic carboxylic acids is 1. The fraction of sp³-hybridized carbons (Fsp3) is 0.300. The highest BCUT2D eigenvalue weighted by atomic mass is 16.6. The molecule has 1 saturated carbocycles. The van der Waals surface area contributed by atoms with Crippen LogP contribution in [0, 0.1) is 5.92 Å². The van der Waals surface area contributed by atoms with Gasteiger partial charge in [-0.15, -0.1) is 0 Å². The van der Waals surface area contributed by atoms with Gasteiger partial charge in [-0.05, 0) is 54.7 Å². The molecule has 1 fully saturated rings. The van der Waals surface area contributed by atoms with Gasteiger partial charge in [-0.25, -0.2) is 4.79 Å². The van der Waals surface area contributed by atoms with Crippen molar-refractivity contribution in [3.05, 3.63) is 90.5 Å². The van der Waals surface area contributed by atoms with Gasteiger partial charge >= 0.3 is 11.9 Å². The van der Waals surface area contributed by atoms with Crippen molar-refractivity contribution in [3.8, 4) is 16.9 Å². The summed E-state index contributed by atoms with van der Waals surface area (Å²) >= 11 is 0. The number of hydrogen-bond donors (Lipinski definition) is 2. The van der Waals surface area contributed by atoms with Crippen molar-refractivity contribution >= 4 is 17.7 Å². The lowest BCUT2D eigenvalue weighted by Crippen LogP contribution is -2.49. The first-order valence-electron chi connectivity index (χ1n) is 12.4. The van der Waals surface area contributed by atoms with Crippen LogP contribution in [0.1, 0.15) is 42.5 Å². The van der Waals surface area contributed by atoms with Gasteiger partial charge < -0.3 is 19.7 Å². The van der Waals surface area contributed by atoms with Crippen LogP contribution in [0.2, 0.25) is 0 Å². The average Bonchev–Trinajstić information content (AvgIpc) is 3.20. The zero-order valence-electron chi connectivity index (χ0n) is 20.4. The Kier molecular flexibility index (Phi) is 8.36. The van der Waals surface area contributed by atoms with E-state index >= 15 is 0 Å². The number of para-hydroxylation sites is 1. The number of rotatable bonds is 11. The van der Waals surface area contributed by atoms with E-state index in [9.17, 15) is 24.6 Å². The molecule has 3 aromatic rings.